The zero-order valence-electron chi connectivity index (χ0n) is 16.0. The van der Waals surface area contributed by atoms with Crippen molar-refractivity contribution in [3.8, 4) is 11.3 Å². The Bertz CT molecular complexity index is 1100. The van der Waals surface area contributed by atoms with Crippen molar-refractivity contribution in [1.82, 2.24) is 19.7 Å². The Morgan fingerprint density at radius 3 is 2.60 bits per heavy atom. The van der Waals surface area contributed by atoms with Crippen molar-refractivity contribution < 1.29 is 13.6 Å². The standard InChI is InChI=1S/C21H18Cl2F2N4O/c1-28-19(23)17(18(27-28)20(24)25)21(30)29(13-9-10-13)11-12-5-2-3-6-14(12)15-7-4-8-16(22)26-15/h2-8,13,20H,9-11H2,1H3. The highest BCUT2D eigenvalue weighted by molar-refractivity contribution is 6.33. The van der Waals surface area contributed by atoms with Crippen LogP contribution in [-0.4, -0.2) is 31.6 Å². The van der Waals surface area contributed by atoms with Crippen LogP contribution in [0.25, 0.3) is 11.3 Å². The Labute approximate surface area is 182 Å². The van der Waals surface area contributed by atoms with E-state index in [4.69, 9.17) is 23.2 Å². The van der Waals surface area contributed by atoms with Gasteiger partial charge in [0, 0.05) is 25.2 Å². The Balaban J connectivity index is 1.71. The third-order valence-electron chi connectivity index (χ3n) is 5.02. The second kappa shape index (κ2) is 8.32. The molecule has 1 aromatic carbocycles. The number of aromatic nitrogens is 3. The van der Waals surface area contributed by atoms with Gasteiger partial charge in [0.05, 0.1) is 5.69 Å². The number of hydrogen-bond acceptors (Lipinski definition) is 3. The van der Waals surface area contributed by atoms with Crippen LogP contribution < -0.4 is 0 Å². The van der Waals surface area contributed by atoms with Gasteiger partial charge in [0.25, 0.3) is 12.3 Å². The SMILES string of the molecule is Cn1nc(C(F)F)c(C(=O)N(Cc2ccccc2-c2cccc(Cl)n2)C2CC2)c1Cl. The number of alkyl halides is 2. The second-order valence-corrected chi connectivity index (χ2v) is 7.89. The molecule has 4 rings (SSSR count). The van der Waals surface area contributed by atoms with Gasteiger partial charge in [-0.15, -0.1) is 0 Å². The Morgan fingerprint density at radius 1 is 1.20 bits per heavy atom. The molecule has 30 heavy (non-hydrogen) atoms. The Hall–Kier alpha value is -2.51. The Kier molecular flexibility index (Phi) is 5.75. The first-order chi connectivity index (χ1) is 14.4. The molecule has 1 saturated carbocycles. The van der Waals surface area contributed by atoms with E-state index in [1.165, 1.54) is 7.05 Å². The van der Waals surface area contributed by atoms with Gasteiger partial charge >= 0.3 is 0 Å². The van der Waals surface area contributed by atoms with E-state index in [0.717, 1.165) is 28.7 Å². The van der Waals surface area contributed by atoms with E-state index in [1.807, 2.05) is 30.3 Å². The number of amides is 1. The number of halogens is 4. The van der Waals surface area contributed by atoms with Crippen LogP contribution in [0.1, 0.15) is 40.9 Å². The number of benzene rings is 1. The van der Waals surface area contributed by atoms with E-state index in [2.05, 4.69) is 10.1 Å². The topological polar surface area (TPSA) is 51.0 Å². The van der Waals surface area contributed by atoms with Crippen molar-refractivity contribution in [2.24, 2.45) is 7.05 Å². The third kappa shape index (κ3) is 4.04. The van der Waals surface area contributed by atoms with Crippen molar-refractivity contribution in [2.75, 3.05) is 0 Å². The molecule has 1 fully saturated rings. The first-order valence-corrected chi connectivity index (χ1v) is 10.1. The average Bonchev–Trinajstić information content (AvgIpc) is 3.51. The molecular formula is C21H18Cl2F2N4O. The van der Waals surface area contributed by atoms with Crippen LogP contribution >= 0.6 is 23.2 Å². The lowest BCUT2D eigenvalue weighted by molar-refractivity contribution is 0.0718. The number of rotatable bonds is 6. The minimum atomic E-state index is -2.90. The number of hydrogen-bond donors (Lipinski definition) is 0. The van der Waals surface area contributed by atoms with Crippen LogP contribution in [0.3, 0.4) is 0 Å². The lowest BCUT2D eigenvalue weighted by Crippen LogP contribution is -2.33. The van der Waals surface area contributed by atoms with E-state index in [9.17, 15) is 13.6 Å². The maximum absolute atomic E-state index is 13.5. The van der Waals surface area contributed by atoms with Gasteiger partial charge in [-0.1, -0.05) is 53.5 Å². The van der Waals surface area contributed by atoms with Crippen LogP contribution in [0.5, 0.6) is 0 Å². The van der Waals surface area contributed by atoms with Crippen LogP contribution in [0.4, 0.5) is 8.78 Å². The van der Waals surface area contributed by atoms with Gasteiger partial charge in [0.15, 0.2) is 0 Å². The molecule has 3 aromatic rings. The summed E-state index contributed by atoms with van der Waals surface area (Å²) in [5.41, 5.74) is 1.51. The molecule has 5 nitrogen and oxygen atoms in total. The fourth-order valence-electron chi connectivity index (χ4n) is 3.42. The normalized spacial score (nSPS) is 13.7. The van der Waals surface area contributed by atoms with Crippen molar-refractivity contribution in [3.63, 3.8) is 0 Å². The lowest BCUT2D eigenvalue weighted by Gasteiger charge is -2.24. The average molecular weight is 451 g/mol. The molecule has 1 aliphatic rings. The number of pyridine rings is 1. The molecule has 0 spiro atoms. The fraction of sp³-hybridized carbons (Fsp3) is 0.286. The predicted octanol–water partition coefficient (Wildman–Crippen LogP) is 5.53. The summed E-state index contributed by atoms with van der Waals surface area (Å²) < 4.78 is 28.1. The van der Waals surface area contributed by atoms with E-state index >= 15 is 0 Å². The summed E-state index contributed by atoms with van der Waals surface area (Å²) in [4.78, 5) is 19.3. The van der Waals surface area contributed by atoms with Crippen molar-refractivity contribution in [3.05, 3.63) is 69.6 Å². The summed E-state index contributed by atoms with van der Waals surface area (Å²) in [6.07, 6.45) is -1.28. The molecule has 2 heterocycles. The third-order valence-corrected chi connectivity index (χ3v) is 5.67. The summed E-state index contributed by atoms with van der Waals surface area (Å²) in [7, 11) is 1.44. The molecule has 1 amide bonds. The minimum Gasteiger partial charge on any atom is -0.331 e. The van der Waals surface area contributed by atoms with Gasteiger partial charge in [0.2, 0.25) is 0 Å². The predicted molar refractivity (Wildman–Crippen MR) is 111 cm³/mol. The fourth-order valence-corrected chi connectivity index (χ4v) is 3.80. The minimum absolute atomic E-state index is 0.0281. The molecule has 0 aliphatic heterocycles. The maximum Gasteiger partial charge on any atom is 0.283 e. The van der Waals surface area contributed by atoms with E-state index in [1.54, 1.807) is 17.0 Å². The quantitative estimate of drug-likeness (QED) is 0.463. The molecule has 0 N–H and O–H groups in total. The summed E-state index contributed by atoms with van der Waals surface area (Å²) >= 11 is 12.2. The zero-order chi connectivity index (χ0) is 21.4. The van der Waals surface area contributed by atoms with E-state index in [0.29, 0.717) is 10.8 Å². The lowest BCUT2D eigenvalue weighted by atomic mass is 10.0. The molecule has 0 unspecified atom stereocenters. The highest BCUT2D eigenvalue weighted by atomic mass is 35.5. The molecule has 0 saturated heterocycles. The molecule has 1 aliphatic carbocycles. The van der Waals surface area contributed by atoms with Crippen LogP contribution in [0.2, 0.25) is 10.3 Å². The van der Waals surface area contributed by atoms with Crippen molar-refractivity contribution in [2.45, 2.75) is 31.9 Å². The van der Waals surface area contributed by atoms with Gasteiger partial charge in [-0.3, -0.25) is 9.48 Å². The molecule has 0 bridgehead atoms. The molecule has 156 valence electrons. The summed E-state index contributed by atoms with van der Waals surface area (Å²) in [6, 6.07) is 12.8. The monoisotopic (exact) mass is 450 g/mol. The number of nitrogens with zero attached hydrogens (tertiary/aromatic N) is 4. The zero-order valence-corrected chi connectivity index (χ0v) is 17.5. The summed E-state index contributed by atoms with van der Waals surface area (Å²) in [6.45, 7) is 0.238. The van der Waals surface area contributed by atoms with Gasteiger partial charge < -0.3 is 4.90 Å². The van der Waals surface area contributed by atoms with Crippen LogP contribution in [0, 0.1) is 0 Å². The number of aryl methyl sites for hydroxylation is 1. The molecule has 2 aromatic heterocycles. The van der Waals surface area contributed by atoms with Gasteiger partial charge in [-0.05, 0) is 30.5 Å². The summed E-state index contributed by atoms with van der Waals surface area (Å²) in [5.74, 6) is -0.542. The van der Waals surface area contributed by atoms with Crippen LogP contribution in [0.15, 0.2) is 42.5 Å². The van der Waals surface area contributed by atoms with Gasteiger partial charge in [-0.2, -0.15) is 5.10 Å². The second-order valence-electron chi connectivity index (χ2n) is 7.14. The maximum atomic E-state index is 13.5. The van der Waals surface area contributed by atoms with E-state index in [-0.39, 0.29) is 23.3 Å². The number of carbonyl (C=O) groups is 1. The van der Waals surface area contributed by atoms with Crippen LogP contribution in [-0.2, 0) is 13.6 Å². The molecular weight excluding hydrogens is 433 g/mol. The van der Waals surface area contributed by atoms with Crippen molar-refractivity contribution >= 4 is 29.1 Å². The molecule has 9 heteroatoms. The van der Waals surface area contributed by atoms with Crippen molar-refractivity contribution in [1.29, 1.82) is 0 Å². The number of carbonyl (C=O) groups excluding carboxylic acids is 1. The summed E-state index contributed by atoms with van der Waals surface area (Å²) in [5, 5.41) is 4.01. The van der Waals surface area contributed by atoms with Gasteiger partial charge in [-0.25, -0.2) is 13.8 Å². The largest absolute Gasteiger partial charge is 0.331 e. The molecule has 0 atom stereocenters. The first kappa shape index (κ1) is 20.8. The molecule has 0 radical (unpaired) electrons. The van der Waals surface area contributed by atoms with Gasteiger partial charge in [0.1, 0.15) is 21.6 Å². The van der Waals surface area contributed by atoms with E-state index < -0.39 is 18.0 Å². The highest BCUT2D eigenvalue weighted by Gasteiger charge is 2.37. The Morgan fingerprint density at radius 2 is 1.93 bits per heavy atom. The first-order valence-electron chi connectivity index (χ1n) is 9.39. The smallest absolute Gasteiger partial charge is 0.283 e. The highest BCUT2D eigenvalue weighted by Crippen LogP contribution is 2.35.